The van der Waals surface area contributed by atoms with Gasteiger partial charge in [-0.3, -0.25) is 4.79 Å². The van der Waals surface area contributed by atoms with E-state index in [0.29, 0.717) is 12.6 Å². The Labute approximate surface area is 131 Å². The third-order valence-corrected chi connectivity index (χ3v) is 4.74. The Balaban J connectivity index is 1.65. The maximum atomic E-state index is 12.7. The summed E-state index contributed by atoms with van der Waals surface area (Å²) in [5, 5.41) is 3.29. The van der Waals surface area contributed by atoms with E-state index in [1.165, 1.54) is 0 Å². The monoisotopic (exact) mass is 304 g/mol. The van der Waals surface area contributed by atoms with Crippen LogP contribution < -0.4 is 14.8 Å². The number of carbonyl (C=O) groups excluding carboxylic acids is 1. The second-order valence-corrected chi connectivity index (χ2v) is 6.07. The minimum absolute atomic E-state index is 0.0780. The standard InChI is InChI=1S/C17H24N2O3/c1-18-14-5-7-19(8-6-14)17(20)13-9-12-10-15(21-2)3-4-16(12)22-11-13/h3-4,10,13-14,18H,5-9,11H2,1-2H3. The number of amides is 1. The molecule has 5 heteroatoms. The Kier molecular flexibility index (Phi) is 4.52. The fourth-order valence-electron chi connectivity index (χ4n) is 3.30. The zero-order valence-corrected chi connectivity index (χ0v) is 13.3. The van der Waals surface area contributed by atoms with Crippen LogP contribution in [0, 0.1) is 5.92 Å². The van der Waals surface area contributed by atoms with E-state index in [9.17, 15) is 4.79 Å². The van der Waals surface area contributed by atoms with Gasteiger partial charge in [0.2, 0.25) is 5.91 Å². The number of carbonyl (C=O) groups is 1. The summed E-state index contributed by atoms with van der Waals surface area (Å²) in [5.74, 6) is 1.83. The van der Waals surface area contributed by atoms with Gasteiger partial charge in [-0.25, -0.2) is 0 Å². The van der Waals surface area contributed by atoms with Gasteiger partial charge in [0.25, 0.3) is 0 Å². The van der Waals surface area contributed by atoms with E-state index in [1.807, 2.05) is 30.1 Å². The second kappa shape index (κ2) is 6.57. The van der Waals surface area contributed by atoms with Gasteiger partial charge in [0, 0.05) is 19.1 Å². The van der Waals surface area contributed by atoms with E-state index >= 15 is 0 Å². The van der Waals surface area contributed by atoms with Gasteiger partial charge in [-0.1, -0.05) is 0 Å². The molecule has 1 aromatic rings. The molecule has 0 spiro atoms. The number of piperidine rings is 1. The highest BCUT2D eigenvalue weighted by Crippen LogP contribution is 2.31. The highest BCUT2D eigenvalue weighted by atomic mass is 16.5. The number of methoxy groups -OCH3 is 1. The van der Waals surface area contributed by atoms with Crippen molar-refractivity contribution in [3.63, 3.8) is 0 Å². The summed E-state index contributed by atoms with van der Waals surface area (Å²) in [5.41, 5.74) is 1.06. The van der Waals surface area contributed by atoms with Crippen LogP contribution in [0.3, 0.4) is 0 Å². The normalized spacial score (nSPS) is 21.9. The number of nitrogens with one attached hydrogen (secondary N) is 1. The molecule has 1 atom stereocenters. The molecule has 1 amide bonds. The van der Waals surface area contributed by atoms with Gasteiger partial charge in [0.1, 0.15) is 18.1 Å². The van der Waals surface area contributed by atoms with Crippen molar-refractivity contribution in [1.29, 1.82) is 0 Å². The highest BCUT2D eigenvalue weighted by Gasteiger charge is 2.31. The van der Waals surface area contributed by atoms with Crippen molar-refractivity contribution in [2.75, 3.05) is 33.9 Å². The molecule has 3 rings (SSSR count). The topological polar surface area (TPSA) is 50.8 Å². The van der Waals surface area contributed by atoms with Crippen LogP contribution in [-0.2, 0) is 11.2 Å². The minimum atomic E-state index is -0.0780. The Hall–Kier alpha value is -1.75. The van der Waals surface area contributed by atoms with E-state index in [-0.39, 0.29) is 11.8 Å². The zero-order chi connectivity index (χ0) is 15.5. The first-order chi connectivity index (χ1) is 10.7. The average Bonchev–Trinajstić information content (AvgIpc) is 2.60. The predicted octanol–water partition coefficient (Wildman–Crippen LogP) is 1.46. The van der Waals surface area contributed by atoms with Crippen molar-refractivity contribution in [1.82, 2.24) is 10.2 Å². The smallest absolute Gasteiger partial charge is 0.229 e. The van der Waals surface area contributed by atoms with Gasteiger partial charge in [-0.15, -0.1) is 0 Å². The molecule has 2 heterocycles. The van der Waals surface area contributed by atoms with Gasteiger partial charge in [0.15, 0.2) is 0 Å². The summed E-state index contributed by atoms with van der Waals surface area (Å²) in [6.07, 6.45) is 2.79. The lowest BCUT2D eigenvalue weighted by Crippen LogP contribution is -2.47. The Bertz CT molecular complexity index is 539. The fraction of sp³-hybridized carbons (Fsp3) is 0.588. The zero-order valence-electron chi connectivity index (χ0n) is 13.3. The third-order valence-electron chi connectivity index (χ3n) is 4.74. The third kappa shape index (κ3) is 3.04. The summed E-state index contributed by atoms with van der Waals surface area (Å²) < 4.78 is 11.0. The Morgan fingerprint density at radius 2 is 2.14 bits per heavy atom. The molecule has 1 fully saturated rings. The van der Waals surface area contributed by atoms with E-state index in [1.54, 1.807) is 7.11 Å². The Morgan fingerprint density at radius 3 is 2.82 bits per heavy atom. The number of hydrogen-bond donors (Lipinski definition) is 1. The summed E-state index contributed by atoms with van der Waals surface area (Å²) in [4.78, 5) is 14.7. The molecule has 1 saturated heterocycles. The maximum absolute atomic E-state index is 12.7. The van der Waals surface area contributed by atoms with Crippen molar-refractivity contribution < 1.29 is 14.3 Å². The summed E-state index contributed by atoms with van der Waals surface area (Å²) in [6, 6.07) is 6.33. The van der Waals surface area contributed by atoms with Crippen LogP contribution in [0.1, 0.15) is 18.4 Å². The van der Waals surface area contributed by atoms with Crippen molar-refractivity contribution in [2.24, 2.45) is 5.92 Å². The van der Waals surface area contributed by atoms with Crippen LogP contribution in [0.5, 0.6) is 11.5 Å². The molecule has 0 aromatic heterocycles. The van der Waals surface area contributed by atoms with Gasteiger partial charge >= 0.3 is 0 Å². The van der Waals surface area contributed by atoms with E-state index in [0.717, 1.165) is 49.4 Å². The molecule has 1 N–H and O–H groups in total. The van der Waals surface area contributed by atoms with Crippen LogP contribution in [0.15, 0.2) is 18.2 Å². The molecule has 0 radical (unpaired) electrons. The Morgan fingerprint density at radius 1 is 1.36 bits per heavy atom. The van der Waals surface area contributed by atoms with Gasteiger partial charge in [0.05, 0.1) is 13.0 Å². The number of hydrogen-bond acceptors (Lipinski definition) is 4. The summed E-state index contributed by atoms with van der Waals surface area (Å²) in [7, 11) is 3.64. The molecule has 1 unspecified atom stereocenters. The van der Waals surface area contributed by atoms with Crippen molar-refractivity contribution in [2.45, 2.75) is 25.3 Å². The SMILES string of the molecule is CNC1CCN(C(=O)C2COc3ccc(OC)cc3C2)CC1. The number of benzene rings is 1. The molecule has 5 nitrogen and oxygen atoms in total. The van der Waals surface area contributed by atoms with Crippen LogP contribution in [0.4, 0.5) is 0 Å². The highest BCUT2D eigenvalue weighted by molar-refractivity contribution is 5.80. The van der Waals surface area contributed by atoms with Crippen molar-refractivity contribution >= 4 is 5.91 Å². The molecule has 0 bridgehead atoms. The average molecular weight is 304 g/mol. The summed E-state index contributed by atoms with van der Waals surface area (Å²) in [6.45, 7) is 2.15. The van der Waals surface area contributed by atoms with E-state index in [4.69, 9.17) is 9.47 Å². The molecule has 0 aliphatic carbocycles. The molecule has 2 aliphatic heterocycles. The summed E-state index contributed by atoms with van der Waals surface area (Å²) >= 11 is 0. The van der Waals surface area contributed by atoms with Crippen LogP contribution in [0.2, 0.25) is 0 Å². The molecule has 0 saturated carbocycles. The number of rotatable bonds is 3. The van der Waals surface area contributed by atoms with Crippen LogP contribution in [-0.4, -0.2) is 50.7 Å². The molecule has 2 aliphatic rings. The lowest BCUT2D eigenvalue weighted by molar-refractivity contribution is -0.138. The van der Waals surface area contributed by atoms with Crippen LogP contribution in [0.25, 0.3) is 0 Å². The second-order valence-electron chi connectivity index (χ2n) is 6.07. The molecule has 1 aromatic carbocycles. The number of ether oxygens (including phenoxy) is 2. The van der Waals surface area contributed by atoms with Gasteiger partial charge in [-0.05, 0) is 50.1 Å². The van der Waals surface area contributed by atoms with Gasteiger partial charge < -0.3 is 19.7 Å². The van der Waals surface area contributed by atoms with Crippen LogP contribution >= 0.6 is 0 Å². The van der Waals surface area contributed by atoms with Crippen molar-refractivity contribution in [3.05, 3.63) is 23.8 Å². The number of fused-ring (bicyclic) bond motifs is 1. The minimum Gasteiger partial charge on any atom is -0.497 e. The lowest BCUT2D eigenvalue weighted by atomic mass is 9.94. The molecular weight excluding hydrogens is 280 g/mol. The van der Waals surface area contributed by atoms with Gasteiger partial charge in [-0.2, -0.15) is 0 Å². The lowest BCUT2D eigenvalue weighted by Gasteiger charge is -2.35. The van der Waals surface area contributed by atoms with Crippen molar-refractivity contribution in [3.8, 4) is 11.5 Å². The fourth-order valence-corrected chi connectivity index (χ4v) is 3.30. The first kappa shape index (κ1) is 15.2. The first-order valence-corrected chi connectivity index (χ1v) is 7.97. The van der Waals surface area contributed by atoms with E-state index in [2.05, 4.69) is 5.32 Å². The number of likely N-dealkylation sites (tertiary alicyclic amines) is 1. The predicted molar refractivity (Wildman–Crippen MR) is 84.3 cm³/mol. The van der Waals surface area contributed by atoms with E-state index < -0.39 is 0 Å². The molecule has 120 valence electrons. The molecule has 22 heavy (non-hydrogen) atoms. The number of nitrogens with zero attached hydrogens (tertiary/aromatic N) is 1. The maximum Gasteiger partial charge on any atom is 0.229 e. The first-order valence-electron chi connectivity index (χ1n) is 7.97. The molecular formula is C17H24N2O3. The largest absolute Gasteiger partial charge is 0.497 e. The quantitative estimate of drug-likeness (QED) is 0.918.